The molecule has 0 atom stereocenters. The SMILES string of the molecule is Cc1cnn(CCc2nnc(Nc3ccc(F)cc3)s2)c1. The standard InChI is InChI=1S/C14H14FN5S/c1-10-8-16-20(9-10)7-6-13-18-19-14(21-13)17-12-4-2-11(15)3-5-12/h2-5,8-9H,6-7H2,1H3,(H,17,19). The zero-order valence-corrected chi connectivity index (χ0v) is 12.3. The number of hydrogen-bond donors (Lipinski definition) is 1. The minimum Gasteiger partial charge on any atom is -0.330 e. The third kappa shape index (κ3) is 3.63. The second-order valence-electron chi connectivity index (χ2n) is 4.66. The fourth-order valence-corrected chi connectivity index (χ4v) is 2.61. The first-order valence-electron chi connectivity index (χ1n) is 6.53. The van der Waals surface area contributed by atoms with Crippen molar-refractivity contribution in [3.63, 3.8) is 0 Å². The van der Waals surface area contributed by atoms with Crippen LogP contribution in [0.2, 0.25) is 0 Å². The van der Waals surface area contributed by atoms with Crippen LogP contribution in [0.4, 0.5) is 15.2 Å². The number of nitrogens with one attached hydrogen (secondary N) is 1. The van der Waals surface area contributed by atoms with Crippen LogP contribution in [-0.2, 0) is 13.0 Å². The van der Waals surface area contributed by atoms with Gasteiger partial charge < -0.3 is 5.32 Å². The molecule has 0 saturated carbocycles. The molecule has 3 aromatic rings. The Hall–Kier alpha value is -2.28. The summed E-state index contributed by atoms with van der Waals surface area (Å²) in [4.78, 5) is 0. The minimum absolute atomic E-state index is 0.256. The van der Waals surface area contributed by atoms with E-state index in [0.29, 0.717) is 5.13 Å². The van der Waals surface area contributed by atoms with Crippen LogP contribution in [0, 0.1) is 12.7 Å². The number of halogens is 1. The van der Waals surface area contributed by atoms with Crippen molar-refractivity contribution in [2.45, 2.75) is 19.9 Å². The molecular formula is C14H14FN5S. The Kier molecular flexibility index (Phi) is 3.92. The first-order chi connectivity index (χ1) is 10.2. The van der Waals surface area contributed by atoms with E-state index in [2.05, 4.69) is 20.6 Å². The van der Waals surface area contributed by atoms with E-state index in [0.717, 1.165) is 29.2 Å². The van der Waals surface area contributed by atoms with E-state index in [4.69, 9.17) is 0 Å². The summed E-state index contributed by atoms with van der Waals surface area (Å²) >= 11 is 1.49. The molecule has 7 heteroatoms. The smallest absolute Gasteiger partial charge is 0.210 e. The van der Waals surface area contributed by atoms with Gasteiger partial charge in [0.05, 0.1) is 6.20 Å². The maximum Gasteiger partial charge on any atom is 0.210 e. The number of rotatable bonds is 5. The molecule has 0 aliphatic carbocycles. The van der Waals surface area contributed by atoms with Gasteiger partial charge in [0.15, 0.2) is 0 Å². The van der Waals surface area contributed by atoms with Crippen molar-refractivity contribution in [3.8, 4) is 0 Å². The lowest BCUT2D eigenvalue weighted by atomic mass is 10.3. The molecule has 1 aromatic carbocycles. The highest BCUT2D eigenvalue weighted by Gasteiger charge is 2.05. The monoisotopic (exact) mass is 303 g/mol. The van der Waals surface area contributed by atoms with Crippen molar-refractivity contribution in [2.24, 2.45) is 0 Å². The van der Waals surface area contributed by atoms with Crippen LogP contribution in [0.1, 0.15) is 10.6 Å². The van der Waals surface area contributed by atoms with Crippen molar-refractivity contribution in [3.05, 3.63) is 53.0 Å². The average Bonchev–Trinajstić information content (AvgIpc) is 3.08. The minimum atomic E-state index is -0.256. The second kappa shape index (κ2) is 6.01. The van der Waals surface area contributed by atoms with E-state index in [1.165, 1.54) is 23.5 Å². The zero-order chi connectivity index (χ0) is 14.7. The molecule has 108 valence electrons. The molecule has 5 nitrogen and oxygen atoms in total. The van der Waals surface area contributed by atoms with Crippen LogP contribution in [0.15, 0.2) is 36.7 Å². The lowest BCUT2D eigenvalue weighted by Crippen LogP contribution is -2.01. The van der Waals surface area contributed by atoms with Crippen molar-refractivity contribution < 1.29 is 4.39 Å². The molecule has 2 heterocycles. The highest BCUT2D eigenvalue weighted by molar-refractivity contribution is 7.15. The van der Waals surface area contributed by atoms with Gasteiger partial charge in [-0.25, -0.2) is 4.39 Å². The van der Waals surface area contributed by atoms with E-state index < -0.39 is 0 Å². The van der Waals surface area contributed by atoms with E-state index in [-0.39, 0.29) is 5.82 Å². The third-order valence-corrected chi connectivity index (χ3v) is 3.78. The second-order valence-corrected chi connectivity index (χ2v) is 5.73. The lowest BCUT2D eigenvalue weighted by molar-refractivity contribution is 0.611. The normalized spacial score (nSPS) is 10.8. The molecule has 1 N–H and O–H groups in total. The predicted octanol–water partition coefficient (Wildman–Crippen LogP) is 3.17. The van der Waals surface area contributed by atoms with Gasteiger partial charge in [-0.3, -0.25) is 4.68 Å². The fraction of sp³-hybridized carbons (Fsp3) is 0.214. The molecule has 0 unspecified atom stereocenters. The van der Waals surface area contributed by atoms with E-state index in [9.17, 15) is 4.39 Å². The van der Waals surface area contributed by atoms with Gasteiger partial charge in [0, 0.05) is 24.8 Å². The average molecular weight is 303 g/mol. The number of anilines is 2. The van der Waals surface area contributed by atoms with E-state index in [1.54, 1.807) is 12.1 Å². The largest absolute Gasteiger partial charge is 0.330 e. The molecule has 3 rings (SSSR count). The molecule has 2 aromatic heterocycles. The summed E-state index contributed by atoms with van der Waals surface area (Å²) in [5, 5.41) is 17.2. The molecule has 0 radical (unpaired) electrons. The molecule has 21 heavy (non-hydrogen) atoms. The maximum absolute atomic E-state index is 12.8. The summed E-state index contributed by atoms with van der Waals surface area (Å²) in [7, 11) is 0. The van der Waals surface area contributed by atoms with Gasteiger partial charge in [0.2, 0.25) is 5.13 Å². The fourth-order valence-electron chi connectivity index (χ4n) is 1.86. The zero-order valence-electron chi connectivity index (χ0n) is 11.5. The van der Waals surface area contributed by atoms with Crippen molar-refractivity contribution in [2.75, 3.05) is 5.32 Å². The number of hydrogen-bond acceptors (Lipinski definition) is 5. The predicted molar refractivity (Wildman–Crippen MR) is 80.3 cm³/mol. The Morgan fingerprint density at radius 3 is 2.76 bits per heavy atom. The van der Waals surface area contributed by atoms with Crippen LogP contribution in [0.25, 0.3) is 0 Å². The molecule has 0 aliphatic heterocycles. The van der Waals surface area contributed by atoms with Gasteiger partial charge in [0.25, 0.3) is 0 Å². The van der Waals surface area contributed by atoms with Gasteiger partial charge in [-0.1, -0.05) is 11.3 Å². The maximum atomic E-state index is 12.8. The first-order valence-corrected chi connectivity index (χ1v) is 7.35. The van der Waals surface area contributed by atoms with Gasteiger partial charge in [-0.2, -0.15) is 5.10 Å². The van der Waals surface area contributed by atoms with E-state index in [1.807, 2.05) is 24.0 Å². The molecular weight excluding hydrogens is 289 g/mol. The van der Waals surface area contributed by atoms with E-state index >= 15 is 0 Å². The Bertz CT molecular complexity index is 719. The summed E-state index contributed by atoms with van der Waals surface area (Å²) in [6.45, 7) is 2.79. The highest BCUT2D eigenvalue weighted by Crippen LogP contribution is 2.21. The van der Waals surface area contributed by atoms with Crippen molar-refractivity contribution in [1.82, 2.24) is 20.0 Å². The molecule has 0 saturated heterocycles. The van der Waals surface area contributed by atoms with Crippen molar-refractivity contribution in [1.29, 1.82) is 0 Å². The molecule has 0 bridgehead atoms. The summed E-state index contributed by atoms with van der Waals surface area (Å²) in [5.74, 6) is -0.256. The van der Waals surface area contributed by atoms with Crippen LogP contribution in [-0.4, -0.2) is 20.0 Å². The topological polar surface area (TPSA) is 55.6 Å². The summed E-state index contributed by atoms with van der Waals surface area (Å²) in [5.41, 5.74) is 1.94. The van der Waals surface area contributed by atoms with Crippen LogP contribution >= 0.6 is 11.3 Å². The molecule has 0 amide bonds. The van der Waals surface area contributed by atoms with Gasteiger partial charge >= 0.3 is 0 Å². The Labute approximate surface area is 125 Å². The van der Waals surface area contributed by atoms with Crippen LogP contribution in [0.5, 0.6) is 0 Å². The Morgan fingerprint density at radius 2 is 2.05 bits per heavy atom. The summed E-state index contributed by atoms with van der Waals surface area (Å²) in [6.07, 6.45) is 4.62. The highest BCUT2D eigenvalue weighted by atomic mass is 32.1. The van der Waals surface area contributed by atoms with Gasteiger partial charge in [-0.15, -0.1) is 10.2 Å². The number of nitrogens with zero attached hydrogens (tertiary/aromatic N) is 4. The molecule has 0 fully saturated rings. The van der Waals surface area contributed by atoms with Gasteiger partial charge in [-0.05, 0) is 36.8 Å². The first kappa shape index (κ1) is 13.7. The summed E-state index contributed by atoms with van der Waals surface area (Å²) < 4.78 is 14.7. The number of aryl methyl sites for hydroxylation is 3. The molecule has 0 spiro atoms. The number of benzene rings is 1. The third-order valence-electron chi connectivity index (χ3n) is 2.88. The quantitative estimate of drug-likeness (QED) is 0.786. The Balaban J connectivity index is 1.59. The summed E-state index contributed by atoms with van der Waals surface area (Å²) in [6, 6.07) is 6.15. The number of aromatic nitrogens is 4. The van der Waals surface area contributed by atoms with Crippen LogP contribution < -0.4 is 5.32 Å². The van der Waals surface area contributed by atoms with Crippen molar-refractivity contribution >= 4 is 22.2 Å². The van der Waals surface area contributed by atoms with Crippen LogP contribution in [0.3, 0.4) is 0 Å². The molecule has 0 aliphatic rings. The Morgan fingerprint density at radius 1 is 1.24 bits per heavy atom. The lowest BCUT2D eigenvalue weighted by Gasteiger charge is -2.00. The van der Waals surface area contributed by atoms with Gasteiger partial charge in [0.1, 0.15) is 10.8 Å².